The van der Waals surface area contributed by atoms with Crippen molar-refractivity contribution in [1.82, 2.24) is 14.5 Å². The third-order valence-electron chi connectivity index (χ3n) is 12.2. The van der Waals surface area contributed by atoms with Crippen molar-refractivity contribution >= 4 is 21.9 Å². The predicted octanol–water partition coefficient (Wildman–Crippen LogP) is 15.5. The van der Waals surface area contributed by atoms with Gasteiger partial charge in [0.1, 0.15) is 11.6 Å². The van der Waals surface area contributed by atoms with Crippen LogP contribution in [0.5, 0.6) is 5.75 Å². The molecule has 0 unspecified atom stereocenters. The lowest BCUT2D eigenvalue weighted by atomic mass is 9.81. The van der Waals surface area contributed by atoms with E-state index in [1.165, 1.54) is 16.7 Å². The molecule has 0 radical (unpaired) electrons. The van der Waals surface area contributed by atoms with Crippen molar-refractivity contribution in [3.63, 3.8) is 0 Å². The van der Waals surface area contributed by atoms with Gasteiger partial charge in [0.25, 0.3) is 0 Å². The summed E-state index contributed by atoms with van der Waals surface area (Å²) in [5.41, 5.74) is 16.4. The van der Waals surface area contributed by atoms with Crippen LogP contribution in [0.4, 0.5) is 0 Å². The summed E-state index contributed by atoms with van der Waals surface area (Å²) in [4.78, 5) is 10.7. The Labute approximate surface area is 366 Å². The smallest absolute Gasteiger partial charge is 0.145 e. The number of para-hydroxylation sites is 1. The van der Waals surface area contributed by atoms with Gasteiger partial charge in [-0.1, -0.05) is 159 Å². The van der Waals surface area contributed by atoms with Crippen molar-refractivity contribution in [1.29, 1.82) is 0 Å². The van der Waals surface area contributed by atoms with Gasteiger partial charge in [0.2, 0.25) is 0 Å². The zero-order valence-corrected chi connectivity index (χ0v) is 37.4. The fourth-order valence-electron chi connectivity index (χ4n) is 8.55. The Balaban J connectivity index is 1.39. The molecule has 0 spiro atoms. The summed E-state index contributed by atoms with van der Waals surface area (Å²) in [6.07, 6.45) is 1.90. The van der Waals surface area contributed by atoms with Crippen LogP contribution < -0.4 is 0 Å². The molecule has 0 saturated carbocycles. The molecule has 62 heavy (non-hydrogen) atoms. The Morgan fingerprint density at radius 2 is 1.06 bits per heavy atom. The number of rotatable bonds is 6. The number of hydrogen-bond donors (Lipinski definition) is 1. The van der Waals surface area contributed by atoms with Gasteiger partial charge < -0.3 is 5.11 Å². The van der Waals surface area contributed by atoms with Crippen molar-refractivity contribution in [2.45, 2.75) is 78.6 Å². The van der Waals surface area contributed by atoms with Crippen LogP contribution in [-0.4, -0.2) is 19.6 Å². The summed E-state index contributed by atoms with van der Waals surface area (Å²) >= 11 is 0. The van der Waals surface area contributed by atoms with Crippen LogP contribution >= 0.6 is 0 Å². The van der Waals surface area contributed by atoms with Crippen molar-refractivity contribution < 1.29 is 5.11 Å². The molecule has 308 valence electrons. The van der Waals surface area contributed by atoms with E-state index in [2.05, 4.69) is 188 Å². The van der Waals surface area contributed by atoms with Gasteiger partial charge in [0.05, 0.1) is 22.2 Å². The number of aromatic hydroxyl groups is 1. The van der Waals surface area contributed by atoms with Crippen LogP contribution in [-0.2, 0) is 16.2 Å². The third kappa shape index (κ3) is 7.60. The summed E-state index contributed by atoms with van der Waals surface area (Å²) in [5, 5.41) is 12.7. The normalized spacial score (nSPS) is 12.3. The number of aromatic nitrogens is 3. The van der Waals surface area contributed by atoms with E-state index in [1.54, 1.807) is 6.07 Å². The highest BCUT2D eigenvalue weighted by Gasteiger charge is 2.26. The zero-order chi connectivity index (χ0) is 43.6. The Kier molecular flexibility index (Phi) is 10.0. The number of fused-ring (bicyclic) bond motifs is 2. The molecule has 0 aliphatic carbocycles. The second kappa shape index (κ2) is 15.3. The summed E-state index contributed by atoms with van der Waals surface area (Å²) in [5.74, 6) is 1.03. The third-order valence-corrected chi connectivity index (χ3v) is 12.2. The van der Waals surface area contributed by atoms with Crippen LogP contribution in [0.25, 0.3) is 83.5 Å². The first-order valence-electron chi connectivity index (χ1n) is 21.7. The van der Waals surface area contributed by atoms with Crippen LogP contribution in [0.1, 0.15) is 79.0 Å². The Hall–Kier alpha value is -6.78. The maximum atomic E-state index is 11.6. The van der Waals surface area contributed by atoms with Crippen LogP contribution in [0.3, 0.4) is 0 Å². The topological polar surface area (TPSA) is 50.9 Å². The van der Waals surface area contributed by atoms with E-state index < -0.39 is 0 Å². The highest BCUT2D eigenvalue weighted by molar-refractivity contribution is 6.00. The number of hydrogen-bond acceptors (Lipinski definition) is 3. The van der Waals surface area contributed by atoms with E-state index in [-0.39, 0.29) is 22.0 Å². The molecule has 0 amide bonds. The lowest BCUT2D eigenvalue weighted by Crippen LogP contribution is -2.13. The number of imidazole rings is 1. The molecule has 7 aromatic carbocycles. The number of pyridine rings is 1. The van der Waals surface area contributed by atoms with E-state index in [1.807, 2.05) is 36.5 Å². The standard InChI is InChI=1S/C58H55N3O/c1-56(2,3)43-26-27-50(47(35-43)38-20-14-11-15-21-38)61-51-24-16-23-46(49-34-39(25-28-52(49)62)37-18-12-10-13-19-37)54(51)60-55(61)42-30-41(32-44(33-42)57(4,5)6)48-36-45(58(7,8)9)31-40-22-17-29-59-53(40)48/h10-36,62H,1-9H3. The van der Waals surface area contributed by atoms with Gasteiger partial charge in [-0.2, -0.15) is 0 Å². The molecule has 0 saturated heterocycles. The first-order chi connectivity index (χ1) is 29.5. The molecule has 0 aliphatic heterocycles. The molecular formula is C58H55N3O. The van der Waals surface area contributed by atoms with Gasteiger partial charge in [-0.15, -0.1) is 0 Å². The molecule has 4 heteroatoms. The van der Waals surface area contributed by atoms with Crippen molar-refractivity contribution in [2.24, 2.45) is 0 Å². The minimum atomic E-state index is -0.176. The number of phenols is 1. The van der Waals surface area contributed by atoms with Gasteiger partial charge in [-0.25, -0.2) is 4.98 Å². The van der Waals surface area contributed by atoms with E-state index in [0.717, 1.165) is 83.5 Å². The van der Waals surface area contributed by atoms with Gasteiger partial charge in [-0.05, 0) is 116 Å². The van der Waals surface area contributed by atoms with Crippen LogP contribution in [0.2, 0.25) is 0 Å². The minimum Gasteiger partial charge on any atom is -0.507 e. The Morgan fingerprint density at radius 3 is 1.76 bits per heavy atom. The average molecular weight is 810 g/mol. The SMILES string of the molecule is CC(C)(C)c1cc(-c2cc(C(C)(C)C)cc3cccnc23)cc(-c2nc3c(-c4cc(-c5ccccc5)ccc4O)cccc3n2-c2ccc(C(C)(C)C)cc2-c2ccccc2)c1. The molecule has 2 aromatic heterocycles. The van der Waals surface area contributed by atoms with E-state index in [9.17, 15) is 5.11 Å². The lowest BCUT2D eigenvalue weighted by Gasteiger charge is -2.24. The van der Waals surface area contributed by atoms with Crippen LogP contribution in [0.15, 0.2) is 164 Å². The molecule has 0 fully saturated rings. The molecule has 2 heterocycles. The number of benzene rings is 7. The molecule has 9 rings (SSSR count). The molecule has 9 aromatic rings. The fraction of sp³-hybridized carbons (Fsp3) is 0.207. The van der Waals surface area contributed by atoms with E-state index in [0.29, 0.717) is 0 Å². The van der Waals surface area contributed by atoms with E-state index >= 15 is 0 Å². The summed E-state index contributed by atoms with van der Waals surface area (Å²) < 4.78 is 2.35. The average Bonchev–Trinajstić information content (AvgIpc) is 3.65. The minimum absolute atomic E-state index is 0.0648. The highest BCUT2D eigenvalue weighted by Crippen LogP contribution is 2.44. The highest BCUT2D eigenvalue weighted by atomic mass is 16.3. The molecular weight excluding hydrogens is 755 g/mol. The summed E-state index contributed by atoms with van der Waals surface area (Å²) in [7, 11) is 0. The molecule has 4 nitrogen and oxygen atoms in total. The molecule has 0 bridgehead atoms. The Bertz CT molecular complexity index is 3120. The number of nitrogens with zero attached hydrogens (tertiary/aromatic N) is 3. The second-order valence-corrected chi connectivity index (χ2v) is 19.8. The van der Waals surface area contributed by atoms with Gasteiger partial charge in [0, 0.05) is 39.4 Å². The van der Waals surface area contributed by atoms with Crippen LogP contribution in [0, 0.1) is 0 Å². The van der Waals surface area contributed by atoms with E-state index in [4.69, 9.17) is 9.97 Å². The first kappa shape index (κ1) is 40.6. The van der Waals surface area contributed by atoms with Gasteiger partial charge in [-0.3, -0.25) is 9.55 Å². The summed E-state index contributed by atoms with van der Waals surface area (Å²) in [6, 6.07) is 55.9. The van der Waals surface area contributed by atoms with Crippen molar-refractivity contribution in [3.05, 3.63) is 181 Å². The van der Waals surface area contributed by atoms with Gasteiger partial charge in [0.15, 0.2) is 0 Å². The molecule has 0 aliphatic rings. The maximum absolute atomic E-state index is 11.6. The predicted molar refractivity (Wildman–Crippen MR) is 261 cm³/mol. The largest absolute Gasteiger partial charge is 0.507 e. The zero-order valence-electron chi connectivity index (χ0n) is 37.4. The number of phenolic OH excluding ortho intramolecular Hbond substituents is 1. The second-order valence-electron chi connectivity index (χ2n) is 19.8. The summed E-state index contributed by atoms with van der Waals surface area (Å²) in [6.45, 7) is 20.5. The quantitative estimate of drug-likeness (QED) is 0.182. The van der Waals surface area contributed by atoms with Crippen molar-refractivity contribution in [2.75, 3.05) is 0 Å². The lowest BCUT2D eigenvalue weighted by molar-refractivity contribution is 0.477. The molecule has 1 N–H and O–H groups in total. The van der Waals surface area contributed by atoms with Crippen molar-refractivity contribution in [3.8, 4) is 67.3 Å². The molecule has 0 atom stereocenters. The fourth-order valence-corrected chi connectivity index (χ4v) is 8.55. The maximum Gasteiger partial charge on any atom is 0.145 e. The van der Waals surface area contributed by atoms with Gasteiger partial charge >= 0.3 is 0 Å². The first-order valence-corrected chi connectivity index (χ1v) is 21.7. The monoisotopic (exact) mass is 809 g/mol. The Morgan fingerprint density at radius 1 is 0.419 bits per heavy atom.